The molecule has 0 aliphatic rings. The maximum Gasteiger partial charge on any atom is 0.208 e. The third-order valence-corrected chi connectivity index (χ3v) is 1.43. The number of nitrogens with zero attached hydrogens (tertiary/aromatic N) is 1. The van der Waals surface area contributed by atoms with Gasteiger partial charge in [0.15, 0.2) is 0 Å². The maximum atomic E-state index is 5.39. The zero-order valence-electron chi connectivity index (χ0n) is 7.05. The summed E-state index contributed by atoms with van der Waals surface area (Å²) in [6.45, 7) is 2.84. The van der Waals surface area contributed by atoms with Gasteiger partial charge in [-0.25, -0.2) is 4.98 Å². The second kappa shape index (κ2) is 4.13. The van der Waals surface area contributed by atoms with Crippen LogP contribution in [0.5, 0.6) is 0 Å². The Morgan fingerprint density at radius 3 is 3.09 bits per heavy atom. The third-order valence-electron chi connectivity index (χ3n) is 1.43. The molecule has 0 radical (unpaired) electrons. The number of nitrogens with one attached hydrogen (secondary N) is 1. The molecule has 1 rings (SSSR count). The van der Waals surface area contributed by atoms with E-state index in [1.807, 2.05) is 7.05 Å². The van der Waals surface area contributed by atoms with Crippen LogP contribution in [0, 0.1) is 0 Å². The summed E-state index contributed by atoms with van der Waals surface area (Å²) in [5, 5.41) is 2.98. The highest BCUT2D eigenvalue weighted by molar-refractivity contribution is 4.93. The molecular weight excluding hydrogens is 140 g/mol. The summed E-state index contributed by atoms with van der Waals surface area (Å²) in [5.41, 5.74) is 0. The molecule has 3 heteroatoms. The van der Waals surface area contributed by atoms with Crippen LogP contribution in [-0.2, 0) is 13.0 Å². The van der Waals surface area contributed by atoms with Crippen molar-refractivity contribution in [2.24, 2.45) is 0 Å². The van der Waals surface area contributed by atoms with E-state index < -0.39 is 0 Å². The normalized spacial score (nSPS) is 10.4. The van der Waals surface area contributed by atoms with Gasteiger partial charge in [-0.1, -0.05) is 6.92 Å². The molecule has 1 aromatic rings. The van der Waals surface area contributed by atoms with Crippen molar-refractivity contribution in [3.63, 3.8) is 0 Å². The Hall–Kier alpha value is -0.830. The molecule has 1 N–H and O–H groups in total. The molecular formula is C8H14N2O. The highest BCUT2D eigenvalue weighted by Gasteiger charge is 2.00. The minimum absolute atomic E-state index is 0.712. The molecule has 3 nitrogen and oxygen atoms in total. The van der Waals surface area contributed by atoms with Gasteiger partial charge < -0.3 is 9.73 Å². The molecule has 0 unspecified atom stereocenters. The fourth-order valence-electron chi connectivity index (χ4n) is 0.943. The number of aromatic nitrogens is 1. The van der Waals surface area contributed by atoms with Crippen molar-refractivity contribution in [2.45, 2.75) is 26.3 Å². The number of aryl methyl sites for hydroxylation is 1. The van der Waals surface area contributed by atoms with Gasteiger partial charge in [-0.2, -0.15) is 0 Å². The van der Waals surface area contributed by atoms with E-state index in [-0.39, 0.29) is 0 Å². The average Bonchev–Trinajstić information content (AvgIpc) is 2.38. The zero-order valence-corrected chi connectivity index (χ0v) is 7.05. The molecule has 0 saturated carbocycles. The molecule has 62 valence electrons. The first-order valence-corrected chi connectivity index (χ1v) is 3.95. The SMILES string of the molecule is CCCc1cnc(CNC)o1. The van der Waals surface area contributed by atoms with Gasteiger partial charge in [-0.15, -0.1) is 0 Å². The summed E-state index contributed by atoms with van der Waals surface area (Å²) in [5.74, 6) is 1.76. The lowest BCUT2D eigenvalue weighted by atomic mass is 10.3. The summed E-state index contributed by atoms with van der Waals surface area (Å²) < 4.78 is 5.39. The Balaban J connectivity index is 2.51. The molecule has 0 spiro atoms. The quantitative estimate of drug-likeness (QED) is 0.711. The van der Waals surface area contributed by atoms with Crippen LogP contribution in [0.3, 0.4) is 0 Å². The van der Waals surface area contributed by atoms with Crippen molar-refractivity contribution in [1.29, 1.82) is 0 Å². The van der Waals surface area contributed by atoms with Gasteiger partial charge in [0.1, 0.15) is 5.76 Å². The van der Waals surface area contributed by atoms with E-state index in [1.54, 1.807) is 6.20 Å². The van der Waals surface area contributed by atoms with E-state index >= 15 is 0 Å². The standard InChI is InChI=1S/C8H14N2O/c1-3-4-7-5-10-8(11-7)6-9-2/h5,9H,3-4,6H2,1-2H3. The first kappa shape index (κ1) is 8.27. The Morgan fingerprint density at radius 2 is 2.45 bits per heavy atom. The predicted octanol–water partition coefficient (Wildman–Crippen LogP) is 1.35. The second-order valence-corrected chi connectivity index (χ2v) is 2.50. The fraction of sp³-hybridized carbons (Fsp3) is 0.625. The van der Waals surface area contributed by atoms with E-state index in [9.17, 15) is 0 Å². The number of hydrogen-bond acceptors (Lipinski definition) is 3. The molecule has 1 aromatic heterocycles. The molecule has 1 heterocycles. The summed E-state index contributed by atoms with van der Waals surface area (Å²) in [6.07, 6.45) is 3.89. The smallest absolute Gasteiger partial charge is 0.208 e. The topological polar surface area (TPSA) is 38.1 Å². The predicted molar refractivity (Wildman–Crippen MR) is 43.3 cm³/mol. The lowest BCUT2D eigenvalue weighted by Crippen LogP contribution is -2.04. The zero-order chi connectivity index (χ0) is 8.10. The molecule has 11 heavy (non-hydrogen) atoms. The average molecular weight is 154 g/mol. The van der Waals surface area contributed by atoms with Crippen LogP contribution in [0.25, 0.3) is 0 Å². The highest BCUT2D eigenvalue weighted by Crippen LogP contribution is 2.05. The minimum Gasteiger partial charge on any atom is -0.444 e. The van der Waals surface area contributed by atoms with Crippen LogP contribution in [-0.4, -0.2) is 12.0 Å². The Bertz CT molecular complexity index is 187. The molecule has 0 aromatic carbocycles. The van der Waals surface area contributed by atoms with E-state index in [2.05, 4.69) is 17.2 Å². The number of oxazole rings is 1. The first-order chi connectivity index (χ1) is 5.36. The third kappa shape index (κ3) is 2.35. The van der Waals surface area contributed by atoms with Gasteiger partial charge in [0.25, 0.3) is 0 Å². The minimum atomic E-state index is 0.712. The number of rotatable bonds is 4. The van der Waals surface area contributed by atoms with Gasteiger partial charge in [0, 0.05) is 6.42 Å². The van der Waals surface area contributed by atoms with Crippen molar-refractivity contribution in [3.05, 3.63) is 17.8 Å². The molecule has 0 saturated heterocycles. The van der Waals surface area contributed by atoms with E-state index in [0.29, 0.717) is 6.54 Å². The van der Waals surface area contributed by atoms with Gasteiger partial charge in [-0.3, -0.25) is 0 Å². The fourth-order valence-corrected chi connectivity index (χ4v) is 0.943. The second-order valence-electron chi connectivity index (χ2n) is 2.50. The Kier molecular flexibility index (Phi) is 3.11. The van der Waals surface area contributed by atoms with Crippen molar-refractivity contribution in [1.82, 2.24) is 10.3 Å². The van der Waals surface area contributed by atoms with E-state index in [0.717, 1.165) is 24.5 Å². The van der Waals surface area contributed by atoms with Crippen LogP contribution in [0.2, 0.25) is 0 Å². The molecule has 0 amide bonds. The van der Waals surface area contributed by atoms with E-state index in [4.69, 9.17) is 4.42 Å². The van der Waals surface area contributed by atoms with Crippen molar-refractivity contribution >= 4 is 0 Å². The first-order valence-electron chi connectivity index (χ1n) is 3.95. The lowest BCUT2D eigenvalue weighted by molar-refractivity contribution is 0.442. The molecule has 0 aliphatic heterocycles. The van der Waals surface area contributed by atoms with Gasteiger partial charge >= 0.3 is 0 Å². The molecule has 0 atom stereocenters. The van der Waals surface area contributed by atoms with Crippen molar-refractivity contribution in [3.8, 4) is 0 Å². The summed E-state index contributed by atoms with van der Waals surface area (Å²) in [6, 6.07) is 0. The van der Waals surface area contributed by atoms with Crippen LogP contribution in [0.4, 0.5) is 0 Å². The van der Waals surface area contributed by atoms with Crippen LogP contribution in [0.1, 0.15) is 25.0 Å². The van der Waals surface area contributed by atoms with Gasteiger partial charge in [-0.05, 0) is 13.5 Å². The lowest BCUT2D eigenvalue weighted by Gasteiger charge is -1.91. The largest absolute Gasteiger partial charge is 0.444 e. The van der Waals surface area contributed by atoms with Crippen molar-refractivity contribution < 1.29 is 4.42 Å². The monoisotopic (exact) mass is 154 g/mol. The van der Waals surface area contributed by atoms with Crippen LogP contribution >= 0.6 is 0 Å². The van der Waals surface area contributed by atoms with Crippen molar-refractivity contribution in [2.75, 3.05) is 7.05 Å². The summed E-state index contributed by atoms with van der Waals surface area (Å²) >= 11 is 0. The van der Waals surface area contributed by atoms with Gasteiger partial charge in [0.05, 0.1) is 12.7 Å². The Morgan fingerprint density at radius 1 is 1.64 bits per heavy atom. The Labute approximate surface area is 66.8 Å². The van der Waals surface area contributed by atoms with Crippen LogP contribution < -0.4 is 5.32 Å². The maximum absolute atomic E-state index is 5.39. The number of hydrogen-bond donors (Lipinski definition) is 1. The molecule has 0 bridgehead atoms. The molecule has 0 aliphatic carbocycles. The summed E-state index contributed by atoms with van der Waals surface area (Å²) in [7, 11) is 1.88. The van der Waals surface area contributed by atoms with Gasteiger partial charge in [0.2, 0.25) is 5.89 Å². The molecule has 0 fully saturated rings. The van der Waals surface area contributed by atoms with Crippen LogP contribution in [0.15, 0.2) is 10.6 Å². The summed E-state index contributed by atoms with van der Waals surface area (Å²) in [4.78, 5) is 4.10. The highest BCUT2D eigenvalue weighted by atomic mass is 16.4. The van der Waals surface area contributed by atoms with E-state index in [1.165, 1.54) is 0 Å².